The van der Waals surface area contributed by atoms with E-state index in [0.717, 1.165) is 29.3 Å². The third-order valence-electron chi connectivity index (χ3n) is 3.08. The second kappa shape index (κ2) is 6.76. The fraction of sp³-hybridized carbons (Fsp3) is 0.500. The second-order valence-electron chi connectivity index (χ2n) is 4.94. The summed E-state index contributed by atoms with van der Waals surface area (Å²) in [5, 5.41) is 6.13. The number of amides is 1. The molecule has 18 heavy (non-hydrogen) atoms. The number of rotatable bonds is 5. The van der Waals surface area contributed by atoms with E-state index >= 15 is 0 Å². The van der Waals surface area contributed by atoms with Crippen molar-refractivity contribution in [1.82, 2.24) is 5.32 Å². The first-order valence-corrected chi connectivity index (χ1v) is 6.23. The summed E-state index contributed by atoms with van der Waals surface area (Å²) in [5.41, 5.74) is 3.19. The van der Waals surface area contributed by atoms with Crippen molar-refractivity contribution in [2.45, 2.75) is 26.7 Å². The van der Waals surface area contributed by atoms with Crippen molar-refractivity contribution in [3.63, 3.8) is 0 Å². The number of anilines is 1. The highest BCUT2D eigenvalue weighted by molar-refractivity contribution is 5.93. The number of carbonyl (C=O) groups is 1. The molecular formula is C14H21ClN2O. The fourth-order valence-corrected chi connectivity index (χ4v) is 1.78. The van der Waals surface area contributed by atoms with Crippen LogP contribution < -0.4 is 10.6 Å². The average molecular weight is 269 g/mol. The predicted molar refractivity (Wildman–Crippen MR) is 77.4 cm³/mol. The van der Waals surface area contributed by atoms with Crippen molar-refractivity contribution in [2.24, 2.45) is 5.92 Å². The monoisotopic (exact) mass is 268 g/mol. The van der Waals surface area contributed by atoms with Crippen molar-refractivity contribution in [3.05, 3.63) is 29.3 Å². The Bertz CT molecular complexity index is 416. The standard InChI is InChI=1S/C14H20N2O.ClH/c1-10-3-4-11(2)13(7-10)16-14(17)9-15-8-12-5-6-12;/h3-4,7,12,15H,5-6,8-9H2,1-2H3,(H,16,17);1H. The van der Waals surface area contributed by atoms with E-state index in [4.69, 9.17) is 0 Å². The molecule has 1 aromatic carbocycles. The molecule has 100 valence electrons. The quantitative estimate of drug-likeness (QED) is 0.862. The SMILES string of the molecule is Cc1ccc(C)c(NC(=O)CNCC2CC2)c1.Cl. The van der Waals surface area contributed by atoms with Crippen LogP contribution in [0.3, 0.4) is 0 Å². The lowest BCUT2D eigenvalue weighted by atomic mass is 10.1. The minimum Gasteiger partial charge on any atom is -0.325 e. The molecule has 0 saturated heterocycles. The summed E-state index contributed by atoms with van der Waals surface area (Å²) >= 11 is 0. The van der Waals surface area contributed by atoms with Gasteiger partial charge in [-0.3, -0.25) is 4.79 Å². The van der Waals surface area contributed by atoms with E-state index in [1.807, 2.05) is 26.0 Å². The molecule has 2 rings (SSSR count). The van der Waals surface area contributed by atoms with Crippen LogP contribution in [0.25, 0.3) is 0 Å². The Morgan fingerprint density at radius 3 is 2.72 bits per heavy atom. The second-order valence-corrected chi connectivity index (χ2v) is 4.94. The zero-order valence-electron chi connectivity index (χ0n) is 11.0. The molecule has 0 spiro atoms. The maximum absolute atomic E-state index is 11.7. The van der Waals surface area contributed by atoms with Crippen molar-refractivity contribution >= 4 is 24.0 Å². The first-order valence-electron chi connectivity index (χ1n) is 6.23. The molecule has 0 radical (unpaired) electrons. The Labute approximate surface area is 115 Å². The van der Waals surface area contributed by atoms with Crippen LogP contribution in [-0.4, -0.2) is 19.0 Å². The van der Waals surface area contributed by atoms with Gasteiger partial charge in [0.2, 0.25) is 5.91 Å². The normalized spacial score (nSPS) is 13.9. The van der Waals surface area contributed by atoms with Crippen LogP contribution in [-0.2, 0) is 4.79 Å². The lowest BCUT2D eigenvalue weighted by Gasteiger charge is -2.09. The highest BCUT2D eigenvalue weighted by Gasteiger charge is 2.20. The minimum absolute atomic E-state index is 0. The van der Waals surface area contributed by atoms with E-state index in [-0.39, 0.29) is 18.3 Å². The van der Waals surface area contributed by atoms with Gasteiger partial charge in [-0.25, -0.2) is 0 Å². The Morgan fingerprint density at radius 2 is 2.06 bits per heavy atom. The molecule has 1 aliphatic rings. The van der Waals surface area contributed by atoms with E-state index in [1.165, 1.54) is 12.8 Å². The molecule has 1 aromatic rings. The van der Waals surface area contributed by atoms with Gasteiger partial charge < -0.3 is 10.6 Å². The highest BCUT2D eigenvalue weighted by Crippen LogP contribution is 2.27. The van der Waals surface area contributed by atoms with Crippen molar-refractivity contribution in [3.8, 4) is 0 Å². The van der Waals surface area contributed by atoms with Gasteiger partial charge in [-0.2, -0.15) is 0 Å². The zero-order valence-corrected chi connectivity index (χ0v) is 11.8. The summed E-state index contributed by atoms with van der Waals surface area (Å²) < 4.78 is 0. The molecule has 0 bridgehead atoms. The van der Waals surface area contributed by atoms with Crippen LogP contribution >= 0.6 is 12.4 Å². The van der Waals surface area contributed by atoms with Crippen LogP contribution in [0.1, 0.15) is 24.0 Å². The molecule has 4 heteroatoms. The number of aryl methyl sites for hydroxylation is 2. The smallest absolute Gasteiger partial charge is 0.238 e. The summed E-state index contributed by atoms with van der Waals surface area (Å²) in [5.74, 6) is 0.850. The van der Waals surface area contributed by atoms with Crippen molar-refractivity contribution in [1.29, 1.82) is 0 Å². The summed E-state index contributed by atoms with van der Waals surface area (Å²) in [4.78, 5) is 11.7. The lowest BCUT2D eigenvalue weighted by molar-refractivity contribution is -0.115. The van der Waals surface area contributed by atoms with Gasteiger partial charge in [0.25, 0.3) is 0 Å². The van der Waals surface area contributed by atoms with Crippen LogP contribution in [0.5, 0.6) is 0 Å². The van der Waals surface area contributed by atoms with Gasteiger partial charge in [0, 0.05) is 5.69 Å². The summed E-state index contributed by atoms with van der Waals surface area (Å²) in [6.07, 6.45) is 2.62. The fourth-order valence-electron chi connectivity index (χ4n) is 1.78. The van der Waals surface area contributed by atoms with E-state index in [1.54, 1.807) is 0 Å². The Kier molecular flexibility index (Phi) is 5.63. The van der Waals surface area contributed by atoms with Crippen LogP contribution in [0.2, 0.25) is 0 Å². The van der Waals surface area contributed by atoms with Crippen LogP contribution in [0, 0.1) is 19.8 Å². The number of hydrogen-bond acceptors (Lipinski definition) is 2. The number of nitrogens with one attached hydrogen (secondary N) is 2. The van der Waals surface area contributed by atoms with E-state index in [9.17, 15) is 4.79 Å². The van der Waals surface area contributed by atoms with Crippen molar-refractivity contribution in [2.75, 3.05) is 18.4 Å². The van der Waals surface area contributed by atoms with Gasteiger partial charge >= 0.3 is 0 Å². The number of carbonyl (C=O) groups excluding carboxylic acids is 1. The number of hydrogen-bond donors (Lipinski definition) is 2. The maximum Gasteiger partial charge on any atom is 0.238 e. The minimum atomic E-state index is 0. The topological polar surface area (TPSA) is 41.1 Å². The third-order valence-corrected chi connectivity index (χ3v) is 3.08. The predicted octanol–water partition coefficient (Wildman–Crippen LogP) is 2.66. The number of halogens is 1. The summed E-state index contributed by atoms with van der Waals surface area (Å²) in [6, 6.07) is 6.09. The average Bonchev–Trinajstić information content (AvgIpc) is 3.07. The van der Waals surface area contributed by atoms with Gasteiger partial charge in [-0.15, -0.1) is 12.4 Å². The summed E-state index contributed by atoms with van der Waals surface area (Å²) in [7, 11) is 0. The molecule has 0 aromatic heterocycles. The van der Waals surface area contributed by atoms with Gasteiger partial charge in [0.15, 0.2) is 0 Å². The lowest BCUT2D eigenvalue weighted by Crippen LogP contribution is -2.29. The largest absolute Gasteiger partial charge is 0.325 e. The van der Waals surface area contributed by atoms with E-state index in [2.05, 4.69) is 16.7 Å². The Balaban J connectivity index is 0.00000162. The molecule has 1 fully saturated rings. The molecule has 2 N–H and O–H groups in total. The number of benzene rings is 1. The van der Waals surface area contributed by atoms with Gasteiger partial charge in [0.05, 0.1) is 6.54 Å². The molecule has 3 nitrogen and oxygen atoms in total. The molecule has 1 aliphatic carbocycles. The maximum atomic E-state index is 11.7. The zero-order chi connectivity index (χ0) is 12.3. The Morgan fingerprint density at radius 1 is 1.33 bits per heavy atom. The highest BCUT2D eigenvalue weighted by atomic mass is 35.5. The molecule has 0 aliphatic heterocycles. The molecule has 0 atom stereocenters. The van der Waals surface area contributed by atoms with E-state index in [0.29, 0.717) is 6.54 Å². The molecule has 0 unspecified atom stereocenters. The molecule has 1 amide bonds. The molecule has 0 heterocycles. The first kappa shape index (κ1) is 15.0. The van der Waals surface area contributed by atoms with Gasteiger partial charge in [-0.05, 0) is 56.3 Å². The van der Waals surface area contributed by atoms with Crippen LogP contribution in [0.15, 0.2) is 18.2 Å². The third kappa shape index (κ3) is 4.67. The molecular weight excluding hydrogens is 248 g/mol. The molecule has 1 saturated carbocycles. The van der Waals surface area contributed by atoms with Crippen molar-refractivity contribution < 1.29 is 4.79 Å². The Hall–Kier alpha value is -1.06. The first-order chi connectivity index (χ1) is 8.15. The van der Waals surface area contributed by atoms with Crippen LogP contribution in [0.4, 0.5) is 5.69 Å². The summed E-state index contributed by atoms with van der Waals surface area (Å²) in [6.45, 7) is 5.41. The van der Waals surface area contributed by atoms with E-state index < -0.39 is 0 Å². The van der Waals surface area contributed by atoms with Gasteiger partial charge in [-0.1, -0.05) is 12.1 Å². The van der Waals surface area contributed by atoms with Gasteiger partial charge in [0.1, 0.15) is 0 Å².